The Morgan fingerprint density at radius 1 is 1.06 bits per heavy atom. The highest BCUT2D eigenvalue weighted by Gasteiger charge is 2.20. The van der Waals surface area contributed by atoms with E-state index in [1.165, 1.54) is 0 Å². The summed E-state index contributed by atoms with van der Waals surface area (Å²) >= 11 is 0. The van der Waals surface area contributed by atoms with Gasteiger partial charge in [-0.05, 0) is 51.1 Å². The molecule has 0 atom stereocenters. The Bertz CT molecular complexity index is 1360. The number of nitrogens with zero attached hydrogens (tertiary/aromatic N) is 6. The number of hydrogen-bond acceptors (Lipinski definition) is 7. The van der Waals surface area contributed by atoms with Gasteiger partial charge in [0.15, 0.2) is 0 Å². The number of aromatic amines is 1. The smallest absolute Gasteiger partial charge is 0.225 e. The van der Waals surface area contributed by atoms with Crippen molar-refractivity contribution in [3.8, 4) is 22.6 Å². The van der Waals surface area contributed by atoms with E-state index in [4.69, 9.17) is 4.98 Å². The molecule has 1 amide bonds. The first-order valence-electron chi connectivity index (χ1n) is 12.5. The topological polar surface area (TPSA) is 103 Å². The highest BCUT2D eigenvalue weighted by Crippen LogP contribution is 2.30. The Morgan fingerprint density at radius 2 is 1.89 bits per heavy atom. The molecule has 186 valence electrons. The molecule has 0 spiro atoms. The van der Waals surface area contributed by atoms with Crippen molar-refractivity contribution in [1.29, 1.82) is 0 Å². The number of carbonyl (C=O) groups is 1. The molecule has 4 aromatic heterocycles. The second-order valence-corrected chi connectivity index (χ2v) is 9.50. The van der Waals surface area contributed by atoms with Crippen LogP contribution in [0.5, 0.6) is 0 Å². The average molecular weight is 485 g/mol. The molecular formula is C27H32N8O. The van der Waals surface area contributed by atoms with Crippen LogP contribution < -0.4 is 5.32 Å². The summed E-state index contributed by atoms with van der Waals surface area (Å²) in [4.78, 5) is 31.6. The van der Waals surface area contributed by atoms with E-state index in [2.05, 4.69) is 49.1 Å². The van der Waals surface area contributed by atoms with Gasteiger partial charge in [-0.1, -0.05) is 6.07 Å². The SMILES string of the molecule is Cc1cccc(-c2n[nH]cc2-c2ccc3nccc(NC(=O)CCN4CCN(C(C)C)CC4)c3n2)n1. The number of amides is 1. The minimum atomic E-state index is -0.0195. The van der Waals surface area contributed by atoms with Gasteiger partial charge in [0.05, 0.1) is 22.6 Å². The Balaban J connectivity index is 1.32. The van der Waals surface area contributed by atoms with Crippen LogP contribution in [0.3, 0.4) is 0 Å². The number of H-pyrrole nitrogens is 1. The summed E-state index contributed by atoms with van der Waals surface area (Å²) < 4.78 is 0. The Morgan fingerprint density at radius 3 is 2.67 bits per heavy atom. The van der Waals surface area contributed by atoms with Crippen molar-refractivity contribution >= 4 is 22.6 Å². The maximum Gasteiger partial charge on any atom is 0.225 e. The van der Waals surface area contributed by atoms with E-state index in [0.29, 0.717) is 23.7 Å². The van der Waals surface area contributed by atoms with Crippen LogP contribution in [-0.4, -0.2) is 79.6 Å². The molecule has 5 heterocycles. The summed E-state index contributed by atoms with van der Waals surface area (Å²) in [5, 5.41) is 10.4. The number of anilines is 1. The molecule has 1 aliphatic heterocycles. The van der Waals surface area contributed by atoms with Crippen molar-refractivity contribution in [3.05, 3.63) is 54.5 Å². The van der Waals surface area contributed by atoms with E-state index in [9.17, 15) is 4.79 Å². The predicted molar refractivity (Wildman–Crippen MR) is 141 cm³/mol. The van der Waals surface area contributed by atoms with Crippen molar-refractivity contribution in [1.82, 2.24) is 34.9 Å². The third-order valence-corrected chi connectivity index (χ3v) is 6.70. The fourth-order valence-corrected chi connectivity index (χ4v) is 4.61. The number of aryl methyl sites for hydroxylation is 1. The molecule has 5 rings (SSSR count). The van der Waals surface area contributed by atoms with Crippen LogP contribution in [0.15, 0.2) is 48.8 Å². The standard InChI is InChI=1S/C27H32N8O/c1-18(2)35-15-13-34(14-16-35)12-10-25(36)31-24-9-11-28-22-8-7-21(32-27(22)24)20-17-29-33-26(20)23-6-4-5-19(3)30-23/h4-9,11,17-18H,10,12-16H2,1-3H3,(H,29,33)(H,28,31,36). The van der Waals surface area contributed by atoms with Gasteiger partial charge >= 0.3 is 0 Å². The van der Waals surface area contributed by atoms with Gasteiger partial charge in [0.25, 0.3) is 0 Å². The lowest BCUT2D eigenvalue weighted by atomic mass is 10.1. The van der Waals surface area contributed by atoms with Crippen LogP contribution in [0.1, 0.15) is 26.0 Å². The lowest BCUT2D eigenvalue weighted by Crippen LogP contribution is -2.49. The zero-order valence-corrected chi connectivity index (χ0v) is 21.0. The van der Waals surface area contributed by atoms with E-state index >= 15 is 0 Å². The second kappa shape index (κ2) is 10.5. The van der Waals surface area contributed by atoms with E-state index in [-0.39, 0.29) is 5.91 Å². The molecule has 0 bridgehead atoms. The maximum absolute atomic E-state index is 12.8. The van der Waals surface area contributed by atoms with Gasteiger partial charge in [-0.2, -0.15) is 5.10 Å². The van der Waals surface area contributed by atoms with Gasteiger partial charge in [0.2, 0.25) is 5.91 Å². The van der Waals surface area contributed by atoms with Crippen LogP contribution in [0.4, 0.5) is 5.69 Å². The second-order valence-electron chi connectivity index (χ2n) is 9.50. The van der Waals surface area contributed by atoms with Gasteiger partial charge in [0.1, 0.15) is 11.2 Å². The van der Waals surface area contributed by atoms with Crippen molar-refractivity contribution in [3.63, 3.8) is 0 Å². The number of aromatic nitrogens is 5. The molecule has 9 heteroatoms. The molecule has 0 aliphatic carbocycles. The van der Waals surface area contributed by atoms with E-state index in [0.717, 1.165) is 66.6 Å². The fourth-order valence-electron chi connectivity index (χ4n) is 4.61. The largest absolute Gasteiger partial charge is 0.324 e. The Labute approximate surface area is 211 Å². The zero-order valence-electron chi connectivity index (χ0n) is 21.0. The molecule has 0 aromatic carbocycles. The Kier molecular flexibility index (Phi) is 7.02. The molecule has 4 aromatic rings. The number of piperazine rings is 1. The third-order valence-electron chi connectivity index (χ3n) is 6.70. The Hall–Kier alpha value is -3.69. The number of nitrogens with one attached hydrogen (secondary N) is 2. The molecule has 1 fully saturated rings. The van der Waals surface area contributed by atoms with Crippen LogP contribution in [0.25, 0.3) is 33.7 Å². The summed E-state index contributed by atoms with van der Waals surface area (Å²) in [7, 11) is 0. The number of hydrogen-bond donors (Lipinski definition) is 2. The van der Waals surface area contributed by atoms with Crippen LogP contribution >= 0.6 is 0 Å². The number of pyridine rings is 3. The summed E-state index contributed by atoms with van der Waals surface area (Å²) in [6, 6.07) is 12.1. The van der Waals surface area contributed by atoms with Crippen LogP contribution in [0.2, 0.25) is 0 Å². The van der Waals surface area contributed by atoms with Gasteiger partial charge in [-0.3, -0.25) is 24.8 Å². The lowest BCUT2D eigenvalue weighted by Gasteiger charge is -2.36. The molecule has 1 saturated heterocycles. The molecule has 0 unspecified atom stereocenters. The van der Waals surface area contributed by atoms with Crippen LogP contribution in [-0.2, 0) is 4.79 Å². The normalized spacial score (nSPS) is 15.0. The zero-order chi connectivity index (χ0) is 25.1. The molecule has 9 nitrogen and oxygen atoms in total. The minimum absolute atomic E-state index is 0.0195. The predicted octanol–water partition coefficient (Wildman–Crippen LogP) is 3.74. The summed E-state index contributed by atoms with van der Waals surface area (Å²) in [5.41, 5.74) is 6.05. The van der Waals surface area contributed by atoms with Crippen molar-refractivity contribution < 1.29 is 4.79 Å². The van der Waals surface area contributed by atoms with Crippen molar-refractivity contribution in [2.24, 2.45) is 0 Å². The monoisotopic (exact) mass is 484 g/mol. The summed E-state index contributed by atoms with van der Waals surface area (Å²) in [5.74, 6) is -0.0195. The first kappa shape index (κ1) is 24.0. The van der Waals surface area contributed by atoms with Gasteiger partial charge in [0, 0.05) is 68.8 Å². The van der Waals surface area contributed by atoms with Gasteiger partial charge < -0.3 is 10.2 Å². The first-order chi connectivity index (χ1) is 17.5. The highest BCUT2D eigenvalue weighted by molar-refractivity contribution is 5.99. The molecule has 36 heavy (non-hydrogen) atoms. The van der Waals surface area contributed by atoms with Crippen molar-refractivity contribution in [2.75, 3.05) is 38.0 Å². The van der Waals surface area contributed by atoms with Crippen LogP contribution in [0, 0.1) is 6.92 Å². The fraction of sp³-hybridized carbons (Fsp3) is 0.370. The minimum Gasteiger partial charge on any atom is -0.324 e. The van der Waals surface area contributed by atoms with E-state index < -0.39 is 0 Å². The molecular weight excluding hydrogens is 452 g/mol. The maximum atomic E-state index is 12.8. The quantitative estimate of drug-likeness (QED) is 0.412. The van der Waals surface area contributed by atoms with Gasteiger partial charge in [-0.15, -0.1) is 0 Å². The number of rotatable bonds is 7. The van der Waals surface area contributed by atoms with Gasteiger partial charge in [-0.25, -0.2) is 4.98 Å². The van der Waals surface area contributed by atoms with E-state index in [1.807, 2.05) is 43.5 Å². The molecule has 2 N–H and O–H groups in total. The van der Waals surface area contributed by atoms with E-state index in [1.54, 1.807) is 12.3 Å². The molecule has 0 radical (unpaired) electrons. The summed E-state index contributed by atoms with van der Waals surface area (Å²) in [6.07, 6.45) is 3.96. The van der Waals surface area contributed by atoms with Crippen molar-refractivity contribution in [2.45, 2.75) is 33.2 Å². The lowest BCUT2D eigenvalue weighted by molar-refractivity contribution is -0.116. The highest BCUT2D eigenvalue weighted by atomic mass is 16.1. The average Bonchev–Trinajstić information content (AvgIpc) is 3.38. The number of fused-ring (bicyclic) bond motifs is 1. The summed E-state index contributed by atoms with van der Waals surface area (Å²) in [6.45, 7) is 11.3. The number of carbonyl (C=O) groups excluding carboxylic acids is 1. The first-order valence-corrected chi connectivity index (χ1v) is 12.5. The molecule has 1 aliphatic rings. The molecule has 0 saturated carbocycles. The third kappa shape index (κ3) is 5.27.